The molecular weight excluding hydrogens is 382 g/mol. The van der Waals surface area contributed by atoms with Crippen LogP contribution >= 0.6 is 15.9 Å². The molecule has 0 aliphatic rings. The van der Waals surface area contributed by atoms with Gasteiger partial charge < -0.3 is 4.90 Å². The standard InChI is InChI=1S/C18H18BrN5O/c1-23(12-14-5-7-15(19)8-6-14)18(25)21-17-9-11-24(22-17)13-16-4-2-3-10-20-16/h2-11H,12-13H2,1H3,(H,21,22,25). The largest absolute Gasteiger partial charge is 0.323 e. The SMILES string of the molecule is CN(Cc1ccc(Br)cc1)C(=O)Nc1ccn(Cc2ccccn2)n1. The number of hydrogen-bond acceptors (Lipinski definition) is 3. The molecule has 0 saturated heterocycles. The number of hydrogen-bond donors (Lipinski definition) is 1. The Morgan fingerprint density at radius 2 is 2.00 bits per heavy atom. The van der Waals surface area contributed by atoms with Gasteiger partial charge in [-0.15, -0.1) is 0 Å². The first-order chi connectivity index (χ1) is 12.1. The lowest BCUT2D eigenvalue weighted by Gasteiger charge is -2.17. The molecular formula is C18H18BrN5O. The molecule has 1 N–H and O–H groups in total. The highest BCUT2D eigenvalue weighted by Crippen LogP contribution is 2.12. The molecule has 6 nitrogen and oxygen atoms in total. The van der Waals surface area contributed by atoms with Crippen LogP contribution in [0.4, 0.5) is 10.6 Å². The molecule has 0 unspecified atom stereocenters. The van der Waals surface area contributed by atoms with Gasteiger partial charge in [-0.1, -0.05) is 34.1 Å². The fraction of sp³-hybridized carbons (Fsp3) is 0.167. The maximum absolute atomic E-state index is 12.3. The Kier molecular flexibility index (Phi) is 5.45. The van der Waals surface area contributed by atoms with Gasteiger partial charge in [-0.25, -0.2) is 4.79 Å². The normalized spacial score (nSPS) is 10.5. The molecule has 25 heavy (non-hydrogen) atoms. The summed E-state index contributed by atoms with van der Waals surface area (Å²) in [7, 11) is 1.75. The molecule has 3 aromatic rings. The molecule has 7 heteroatoms. The molecule has 128 valence electrons. The highest BCUT2D eigenvalue weighted by molar-refractivity contribution is 9.10. The van der Waals surface area contributed by atoms with Gasteiger partial charge in [0.1, 0.15) is 0 Å². The summed E-state index contributed by atoms with van der Waals surface area (Å²) in [6.07, 6.45) is 3.57. The summed E-state index contributed by atoms with van der Waals surface area (Å²) >= 11 is 3.40. The number of nitrogens with zero attached hydrogens (tertiary/aromatic N) is 4. The average Bonchev–Trinajstić information content (AvgIpc) is 3.04. The molecule has 0 saturated carbocycles. The molecule has 2 aromatic heterocycles. The van der Waals surface area contributed by atoms with Crippen molar-refractivity contribution in [3.05, 3.63) is 76.7 Å². The third kappa shape index (κ3) is 4.90. The molecule has 3 rings (SSSR count). The smallest absolute Gasteiger partial charge is 0.323 e. The first-order valence-electron chi connectivity index (χ1n) is 7.80. The van der Waals surface area contributed by atoms with Gasteiger partial charge in [-0.2, -0.15) is 5.10 Å². The highest BCUT2D eigenvalue weighted by Gasteiger charge is 2.11. The van der Waals surface area contributed by atoms with Crippen molar-refractivity contribution in [2.45, 2.75) is 13.1 Å². The Labute approximate surface area is 154 Å². The molecule has 2 amide bonds. The van der Waals surface area contributed by atoms with E-state index in [1.54, 1.807) is 28.9 Å². The van der Waals surface area contributed by atoms with Crippen LogP contribution in [0.1, 0.15) is 11.3 Å². The van der Waals surface area contributed by atoms with E-state index in [1.807, 2.05) is 48.7 Å². The minimum absolute atomic E-state index is 0.203. The van der Waals surface area contributed by atoms with Crippen molar-refractivity contribution in [1.82, 2.24) is 19.7 Å². The van der Waals surface area contributed by atoms with Crippen LogP contribution < -0.4 is 5.32 Å². The van der Waals surface area contributed by atoms with Gasteiger partial charge in [-0.05, 0) is 29.8 Å². The summed E-state index contributed by atoms with van der Waals surface area (Å²) in [6, 6.07) is 15.2. The van der Waals surface area contributed by atoms with Gasteiger partial charge in [-0.3, -0.25) is 15.0 Å². The second-order valence-electron chi connectivity index (χ2n) is 5.63. The lowest BCUT2D eigenvalue weighted by molar-refractivity contribution is 0.220. The van der Waals surface area contributed by atoms with E-state index in [9.17, 15) is 4.79 Å². The van der Waals surface area contributed by atoms with E-state index in [0.29, 0.717) is 18.9 Å². The van der Waals surface area contributed by atoms with Crippen molar-refractivity contribution in [2.75, 3.05) is 12.4 Å². The summed E-state index contributed by atoms with van der Waals surface area (Å²) in [5, 5.41) is 7.16. The number of halogens is 1. The van der Waals surface area contributed by atoms with Crippen LogP contribution in [0.5, 0.6) is 0 Å². The average molecular weight is 400 g/mol. The van der Waals surface area contributed by atoms with E-state index in [1.165, 1.54) is 0 Å². The maximum Gasteiger partial charge on any atom is 0.323 e. The Morgan fingerprint density at radius 3 is 2.72 bits per heavy atom. The van der Waals surface area contributed by atoms with Gasteiger partial charge in [0.15, 0.2) is 5.82 Å². The molecule has 0 fully saturated rings. The summed E-state index contributed by atoms with van der Waals surface area (Å²) in [5.74, 6) is 0.517. The monoisotopic (exact) mass is 399 g/mol. The van der Waals surface area contributed by atoms with Crippen molar-refractivity contribution < 1.29 is 4.79 Å². The summed E-state index contributed by atoms with van der Waals surface area (Å²) in [5.41, 5.74) is 1.97. The second kappa shape index (κ2) is 7.94. The van der Waals surface area contributed by atoms with E-state index >= 15 is 0 Å². The van der Waals surface area contributed by atoms with Crippen LogP contribution in [-0.2, 0) is 13.1 Å². The first kappa shape index (κ1) is 17.2. The fourth-order valence-electron chi connectivity index (χ4n) is 2.31. The number of amides is 2. The van der Waals surface area contributed by atoms with Crippen LogP contribution in [0.3, 0.4) is 0 Å². The lowest BCUT2D eigenvalue weighted by atomic mass is 10.2. The van der Waals surface area contributed by atoms with Gasteiger partial charge in [0.05, 0.1) is 12.2 Å². The van der Waals surface area contributed by atoms with E-state index < -0.39 is 0 Å². The molecule has 0 radical (unpaired) electrons. The van der Waals surface area contributed by atoms with Gasteiger partial charge in [0, 0.05) is 36.5 Å². The van der Waals surface area contributed by atoms with E-state index in [2.05, 4.69) is 31.3 Å². The van der Waals surface area contributed by atoms with E-state index in [0.717, 1.165) is 15.7 Å². The van der Waals surface area contributed by atoms with Crippen LogP contribution in [0.15, 0.2) is 65.4 Å². The maximum atomic E-state index is 12.3. The predicted octanol–water partition coefficient (Wildman–Crippen LogP) is 3.75. The highest BCUT2D eigenvalue weighted by atomic mass is 79.9. The molecule has 2 heterocycles. The Balaban J connectivity index is 1.56. The van der Waals surface area contributed by atoms with Gasteiger partial charge in [0.25, 0.3) is 0 Å². The van der Waals surface area contributed by atoms with Gasteiger partial charge >= 0.3 is 6.03 Å². The minimum Gasteiger partial charge on any atom is -0.323 e. The number of carbonyl (C=O) groups excluding carboxylic acids is 1. The van der Waals surface area contributed by atoms with E-state index in [4.69, 9.17) is 0 Å². The van der Waals surface area contributed by atoms with Crippen LogP contribution in [0.2, 0.25) is 0 Å². The molecule has 1 aromatic carbocycles. The number of pyridine rings is 1. The summed E-state index contributed by atoms with van der Waals surface area (Å²) < 4.78 is 2.76. The topological polar surface area (TPSA) is 63.1 Å². The number of carbonyl (C=O) groups is 1. The Hall–Kier alpha value is -2.67. The van der Waals surface area contributed by atoms with Crippen molar-refractivity contribution in [3.8, 4) is 0 Å². The fourth-order valence-corrected chi connectivity index (χ4v) is 2.58. The quantitative estimate of drug-likeness (QED) is 0.710. The zero-order valence-corrected chi connectivity index (χ0v) is 15.3. The summed E-state index contributed by atoms with van der Waals surface area (Å²) in [6.45, 7) is 1.08. The predicted molar refractivity (Wildman–Crippen MR) is 100 cm³/mol. The first-order valence-corrected chi connectivity index (χ1v) is 8.59. The number of nitrogens with one attached hydrogen (secondary N) is 1. The molecule has 0 aliphatic carbocycles. The number of rotatable bonds is 5. The Morgan fingerprint density at radius 1 is 1.20 bits per heavy atom. The third-order valence-corrected chi connectivity index (χ3v) is 4.13. The summed E-state index contributed by atoms with van der Waals surface area (Å²) in [4.78, 5) is 18.2. The Bertz CT molecular complexity index is 832. The molecule has 0 aliphatic heterocycles. The van der Waals surface area contributed by atoms with Crippen LogP contribution in [0.25, 0.3) is 0 Å². The van der Waals surface area contributed by atoms with Crippen LogP contribution in [-0.4, -0.2) is 32.7 Å². The van der Waals surface area contributed by atoms with E-state index in [-0.39, 0.29) is 6.03 Å². The zero-order valence-electron chi connectivity index (χ0n) is 13.8. The lowest BCUT2D eigenvalue weighted by Crippen LogP contribution is -2.31. The van der Waals surface area contributed by atoms with Crippen molar-refractivity contribution in [1.29, 1.82) is 0 Å². The second-order valence-corrected chi connectivity index (χ2v) is 6.55. The minimum atomic E-state index is -0.203. The number of aromatic nitrogens is 3. The van der Waals surface area contributed by atoms with Crippen molar-refractivity contribution in [2.24, 2.45) is 0 Å². The number of anilines is 1. The number of benzene rings is 1. The molecule has 0 atom stereocenters. The molecule has 0 bridgehead atoms. The molecule has 0 spiro atoms. The van der Waals surface area contributed by atoms with Crippen molar-refractivity contribution >= 4 is 27.8 Å². The number of urea groups is 1. The van der Waals surface area contributed by atoms with Crippen molar-refractivity contribution in [3.63, 3.8) is 0 Å². The zero-order chi connectivity index (χ0) is 17.6. The van der Waals surface area contributed by atoms with Gasteiger partial charge in [0.2, 0.25) is 0 Å². The third-order valence-electron chi connectivity index (χ3n) is 3.61. The van der Waals surface area contributed by atoms with Crippen LogP contribution in [0, 0.1) is 0 Å².